The minimum Gasteiger partial charge on any atom is -0.379 e. The van der Waals surface area contributed by atoms with Crippen molar-refractivity contribution in [2.24, 2.45) is 5.41 Å². The summed E-state index contributed by atoms with van der Waals surface area (Å²) in [5, 5.41) is 3.71. The largest absolute Gasteiger partial charge is 0.417 e. The molecular weight excluding hydrogens is 511 g/mol. The molecule has 1 aromatic heterocycles. The van der Waals surface area contributed by atoms with Gasteiger partial charge in [0.25, 0.3) is 0 Å². The Bertz CT molecular complexity index is 1130. The lowest BCUT2D eigenvalue weighted by Gasteiger charge is -2.37. The number of nitrogens with one attached hydrogen (secondary N) is 1. The van der Waals surface area contributed by atoms with E-state index < -0.39 is 17.2 Å². The van der Waals surface area contributed by atoms with Gasteiger partial charge >= 0.3 is 6.18 Å². The van der Waals surface area contributed by atoms with Gasteiger partial charge in [-0.25, -0.2) is 0 Å². The predicted molar refractivity (Wildman–Crippen MR) is 138 cm³/mol. The van der Waals surface area contributed by atoms with Gasteiger partial charge in [-0.15, -0.1) is 0 Å². The summed E-state index contributed by atoms with van der Waals surface area (Å²) in [5.74, 6) is -0.0572. The molecule has 10 heteroatoms. The van der Waals surface area contributed by atoms with E-state index in [-0.39, 0.29) is 37.2 Å². The van der Waals surface area contributed by atoms with Gasteiger partial charge in [-0.3, -0.25) is 9.78 Å². The lowest BCUT2D eigenvalue weighted by Crippen LogP contribution is -2.52. The maximum atomic E-state index is 14.1. The number of methoxy groups -OCH3 is 1. The molecule has 0 spiro atoms. The molecule has 1 N–H and O–H groups in total. The van der Waals surface area contributed by atoms with Crippen LogP contribution in [0.5, 0.6) is 0 Å². The summed E-state index contributed by atoms with van der Waals surface area (Å²) in [6.45, 7) is 2.39. The summed E-state index contributed by atoms with van der Waals surface area (Å²) in [4.78, 5) is 19.9. The molecule has 2 aliphatic heterocycles. The second-order valence-electron chi connectivity index (χ2n) is 10.9. The maximum absolute atomic E-state index is 14.1. The van der Waals surface area contributed by atoms with Crippen LogP contribution in [0.15, 0.2) is 42.6 Å². The van der Waals surface area contributed by atoms with Gasteiger partial charge in [0.05, 0.1) is 36.9 Å². The number of benzene rings is 1. The van der Waals surface area contributed by atoms with Crippen LogP contribution in [0.25, 0.3) is 0 Å². The first kappa shape index (κ1) is 28.0. The van der Waals surface area contributed by atoms with Crippen molar-refractivity contribution in [3.05, 3.63) is 65.0 Å². The lowest BCUT2D eigenvalue weighted by atomic mass is 9.84. The van der Waals surface area contributed by atoms with E-state index in [0.717, 1.165) is 30.7 Å². The van der Waals surface area contributed by atoms with Crippen molar-refractivity contribution in [2.45, 2.75) is 69.6 Å². The fourth-order valence-electron chi connectivity index (χ4n) is 6.12. The van der Waals surface area contributed by atoms with E-state index in [9.17, 15) is 18.0 Å². The summed E-state index contributed by atoms with van der Waals surface area (Å²) in [6, 6.07) is 11.2. The first-order valence-electron chi connectivity index (χ1n) is 13.6. The van der Waals surface area contributed by atoms with E-state index in [2.05, 4.69) is 10.3 Å². The minimum absolute atomic E-state index is 0.0484. The third kappa shape index (κ3) is 6.45. The van der Waals surface area contributed by atoms with Crippen LogP contribution in [0, 0.1) is 5.41 Å². The van der Waals surface area contributed by atoms with Gasteiger partial charge in [0, 0.05) is 57.2 Å². The number of ether oxygens (including phenoxy) is 3. The smallest absolute Gasteiger partial charge is 0.379 e. The van der Waals surface area contributed by atoms with Crippen LogP contribution in [-0.2, 0) is 44.8 Å². The molecular formula is C29H36F3N3O4. The molecule has 0 radical (unpaired) electrons. The van der Waals surface area contributed by atoms with Crippen LogP contribution < -0.4 is 5.32 Å². The van der Waals surface area contributed by atoms with E-state index in [0.29, 0.717) is 56.9 Å². The molecule has 4 unspecified atom stereocenters. The monoisotopic (exact) mass is 547 g/mol. The van der Waals surface area contributed by atoms with E-state index in [1.54, 1.807) is 12.0 Å². The van der Waals surface area contributed by atoms with Crippen molar-refractivity contribution in [3.8, 4) is 0 Å². The van der Waals surface area contributed by atoms with Crippen molar-refractivity contribution in [2.75, 3.05) is 33.5 Å². The second kappa shape index (κ2) is 11.9. The van der Waals surface area contributed by atoms with Gasteiger partial charge in [0.2, 0.25) is 5.91 Å². The summed E-state index contributed by atoms with van der Waals surface area (Å²) in [7, 11) is 1.68. The molecule has 1 saturated heterocycles. The van der Waals surface area contributed by atoms with Crippen LogP contribution >= 0.6 is 0 Å². The van der Waals surface area contributed by atoms with Crippen LogP contribution in [0.2, 0.25) is 0 Å². The van der Waals surface area contributed by atoms with Gasteiger partial charge < -0.3 is 24.4 Å². The summed E-state index contributed by atoms with van der Waals surface area (Å²) >= 11 is 0. The third-order valence-corrected chi connectivity index (χ3v) is 8.26. The molecule has 212 valence electrons. The topological polar surface area (TPSA) is 72.9 Å². The molecule has 3 heterocycles. The highest BCUT2D eigenvalue weighted by Crippen LogP contribution is 2.42. The van der Waals surface area contributed by atoms with E-state index >= 15 is 0 Å². The first-order chi connectivity index (χ1) is 18.8. The van der Waals surface area contributed by atoms with Crippen molar-refractivity contribution in [1.29, 1.82) is 0 Å². The van der Waals surface area contributed by atoms with Crippen molar-refractivity contribution in [3.63, 3.8) is 0 Å². The Hall–Kier alpha value is -2.53. The Morgan fingerprint density at radius 3 is 2.85 bits per heavy atom. The number of alkyl halides is 3. The molecule has 1 aromatic carbocycles. The normalized spacial score (nSPS) is 27.4. The van der Waals surface area contributed by atoms with E-state index in [1.807, 2.05) is 30.3 Å². The van der Waals surface area contributed by atoms with Gasteiger partial charge in [-0.2, -0.15) is 13.2 Å². The fourth-order valence-corrected chi connectivity index (χ4v) is 6.12. The number of hydrogen-bond acceptors (Lipinski definition) is 6. The number of nitrogens with zero attached hydrogens (tertiary/aromatic N) is 2. The molecule has 7 nitrogen and oxygen atoms in total. The molecule has 2 fully saturated rings. The molecule has 3 aliphatic rings. The van der Waals surface area contributed by atoms with Crippen molar-refractivity contribution in [1.82, 2.24) is 15.2 Å². The Balaban J connectivity index is 1.32. The molecule has 39 heavy (non-hydrogen) atoms. The fraction of sp³-hybridized carbons (Fsp3) is 0.586. The minimum atomic E-state index is -4.48. The molecule has 0 bridgehead atoms. The highest BCUT2D eigenvalue weighted by molar-refractivity contribution is 5.83. The Labute approximate surface area is 227 Å². The average Bonchev–Trinajstić information content (AvgIpc) is 3.36. The summed E-state index contributed by atoms with van der Waals surface area (Å²) in [5.41, 5.74) is 0.564. The Morgan fingerprint density at radius 2 is 2.08 bits per heavy atom. The van der Waals surface area contributed by atoms with Gasteiger partial charge in [0.15, 0.2) is 0 Å². The maximum Gasteiger partial charge on any atom is 0.417 e. The summed E-state index contributed by atoms with van der Waals surface area (Å²) < 4.78 is 57.3. The highest BCUT2D eigenvalue weighted by Gasteiger charge is 2.48. The Morgan fingerprint density at radius 1 is 1.26 bits per heavy atom. The molecule has 4 atom stereocenters. The van der Waals surface area contributed by atoms with Gasteiger partial charge in [-0.1, -0.05) is 30.3 Å². The number of halogens is 3. The van der Waals surface area contributed by atoms with E-state index in [1.165, 1.54) is 0 Å². The predicted octanol–water partition coefficient (Wildman–Crippen LogP) is 4.13. The number of fused-ring (bicyclic) bond motifs is 1. The number of carbonyl (C=O) groups is 1. The molecule has 1 saturated carbocycles. The van der Waals surface area contributed by atoms with Crippen LogP contribution in [0.3, 0.4) is 0 Å². The number of amides is 1. The van der Waals surface area contributed by atoms with Crippen LogP contribution in [0.1, 0.15) is 48.1 Å². The molecule has 2 aromatic rings. The van der Waals surface area contributed by atoms with Crippen molar-refractivity contribution < 1.29 is 32.2 Å². The molecule has 5 rings (SSSR count). The Kier molecular flexibility index (Phi) is 8.56. The zero-order chi connectivity index (χ0) is 27.5. The average molecular weight is 548 g/mol. The highest BCUT2D eigenvalue weighted by atomic mass is 19.4. The zero-order valence-corrected chi connectivity index (χ0v) is 22.2. The standard InChI is InChI=1S/C29H36F3N3O4/c1-37-26-18-38-12-9-25(26)34-23-7-10-28(14-23,19-39-17-20-5-3-2-4-6-20)27(36)35-11-8-24-21(16-35)13-22(15-33-24)29(30,31)32/h2-6,13,15,23,25-26,34H,7-12,14,16-19H2,1H3. The number of aromatic nitrogens is 1. The van der Waals surface area contributed by atoms with Crippen molar-refractivity contribution >= 4 is 5.91 Å². The summed E-state index contributed by atoms with van der Waals surface area (Å²) in [6.07, 6.45) is -0.341. The van der Waals surface area contributed by atoms with Gasteiger partial charge in [0.1, 0.15) is 0 Å². The number of hydrogen-bond donors (Lipinski definition) is 1. The SMILES string of the molecule is COC1COCCC1NC1CCC(COCc2ccccc2)(C(=O)N2CCc3ncc(C(F)(F)F)cc3C2)C1. The zero-order valence-electron chi connectivity index (χ0n) is 22.2. The number of pyridine rings is 1. The molecule has 1 aliphatic carbocycles. The quantitative estimate of drug-likeness (QED) is 0.536. The van der Waals surface area contributed by atoms with Crippen LogP contribution in [0.4, 0.5) is 13.2 Å². The lowest BCUT2D eigenvalue weighted by molar-refractivity contribution is -0.147. The number of rotatable bonds is 8. The van der Waals surface area contributed by atoms with Crippen LogP contribution in [-0.4, -0.2) is 67.5 Å². The number of carbonyl (C=O) groups excluding carboxylic acids is 1. The van der Waals surface area contributed by atoms with E-state index in [4.69, 9.17) is 14.2 Å². The van der Waals surface area contributed by atoms with Gasteiger partial charge in [-0.05, 0) is 42.9 Å². The third-order valence-electron chi connectivity index (χ3n) is 8.26. The first-order valence-corrected chi connectivity index (χ1v) is 13.6. The molecule has 1 amide bonds. The second-order valence-corrected chi connectivity index (χ2v) is 10.9.